The monoisotopic (exact) mass is 266 g/mol. The first-order chi connectivity index (χ1) is 8.52. The van der Waals surface area contributed by atoms with Crippen LogP contribution in [-0.4, -0.2) is 40.0 Å². The van der Waals surface area contributed by atoms with E-state index in [0.29, 0.717) is 5.69 Å². The van der Waals surface area contributed by atoms with Gasteiger partial charge in [-0.05, 0) is 13.0 Å². The minimum Gasteiger partial charge on any atom is -0.480 e. The summed E-state index contributed by atoms with van der Waals surface area (Å²) in [5, 5.41) is 11.4. The van der Waals surface area contributed by atoms with Crippen LogP contribution in [-0.2, 0) is 9.59 Å². The molecule has 18 heavy (non-hydrogen) atoms. The largest absolute Gasteiger partial charge is 0.480 e. The molecule has 96 valence electrons. The van der Waals surface area contributed by atoms with Crippen molar-refractivity contribution in [2.75, 3.05) is 13.1 Å². The molecule has 5 nitrogen and oxygen atoms in total. The average Bonchev–Trinajstić information content (AvgIpc) is 2.71. The van der Waals surface area contributed by atoms with Gasteiger partial charge in [-0.15, -0.1) is 17.9 Å². The lowest BCUT2D eigenvalue weighted by atomic mass is 10.3. The van der Waals surface area contributed by atoms with Crippen molar-refractivity contribution in [1.82, 2.24) is 9.88 Å². The number of aliphatic carboxylic acids is 1. The fourth-order valence-electron chi connectivity index (χ4n) is 1.27. The first-order valence-electron chi connectivity index (χ1n) is 5.24. The van der Waals surface area contributed by atoms with Crippen molar-refractivity contribution < 1.29 is 14.7 Å². The highest BCUT2D eigenvalue weighted by molar-refractivity contribution is 7.09. The summed E-state index contributed by atoms with van der Waals surface area (Å²) in [6.07, 6.45) is 4.38. The maximum absolute atomic E-state index is 11.8. The molecule has 0 atom stereocenters. The Balaban J connectivity index is 2.68. The Hall–Kier alpha value is -1.95. The summed E-state index contributed by atoms with van der Waals surface area (Å²) in [7, 11) is 0. The number of carbonyl (C=O) groups excluding carboxylic acids is 1. The van der Waals surface area contributed by atoms with Gasteiger partial charge in [0.15, 0.2) is 0 Å². The summed E-state index contributed by atoms with van der Waals surface area (Å²) in [5.41, 5.74) is 0.694. The van der Waals surface area contributed by atoms with Crippen LogP contribution in [0.3, 0.4) is 0 Å². The lowest BCUT2D eigenvalue weighted by molar-refractivity contribution is -0.142. The quantitative estimate of drug-likeness (QED) is 0.626. The van der Waals surface area contributed by atoms with Crippen molar-refractivity contribution in [2.24, 2.45) is 0 Å². The highest BCUT2D eigenvalue weighted by Crippen LogP contribution is 2.09. The summed E-state index contributed by atoms with van der Waals surface area (Å²) in [5.74, 6) is -1.42. The second-order valence-corrected chi connectivity index (χ2v) is 4.59. The number of nitrogens with zero attached hydrogens (tertiary/aromatic N) is 2. The molecule has 0 aromatic carbocycles. The van der Waals surface area contributed by atoms with Crippen LogP contribution in [0.15, 0.2) is 24.1 Å². The molecule has 0 fully saturated rings. The highest BCUT2D eigenvalue weighted by Gasteiger charge is 2.12. The van der Waals surface area contributed by atoms with E-state index in [-0.39, 0.29) is 19.0 Å². The zero-order valence-corrected chi connectivity index (χ0v) is 10.8. The molecule has 1 rings (SSSR count). The van der Waals surface area contributed by atoms with E-state index in [1.54, 1.807) is 6.08 Å². The fourth-order valence-corrected chi connectivity index (χ4v) is 1.85. The summed E-state index contributed by atoms with van der Waals surface area (Å²) in [4.78, 5) is 27.7. The van der Waals surface area contributed by atoms with Crippen LogP contribution in [0.1, 0.15) is 10.7 Å². The lowest BCUT2D eigenvalue weighted by Crippen LogP contribution is -2.34. The molecule has 0 unspecified atom stereocenters. The van der Waals surface area contributed by atoms with Gasteiger partial charge in [0.1, 0.15) is 6.54 Å². The number of aryl methyl sites for hydroxylation is 1. The number of hydrogen-bond acceptors (Lipinski definition) is 4. The van der Waals surface area contributed by atoms with Gasteiger partial charge in [0, 0.05) is 18.0 Å². The van der Waals surface area contributed by atoms with E-state index in [1.165, 1.54) is 28.4 Å². The Morgan fingerprint density at radius 1 is 1.61 bits per heavy atom. The Labute approximate surface area is 109 Å². The van der Waals surface area contributed by atoms with Crippen molar-refractivity contribution in [3.05, 3.63) is 34.8 Å². The van der Waals surface area contributed by atoms with E-state index in [2.05, 4.69) is 11.6 Å². The third kappa shape index (κ3) is 4.50. The van der Waals surface area contributed by atoms with Crippen molar-refractivity contribution in [2.45, 2.75) is 6.92 Å². The van der Waals surface area contributed by atoms with Gasteiger partial charge in [-0.25, -0.2) is 4.98 Å². The molecule has 0 saturated carbocycles. The molecule has 1 aromatic rings. The summed E-state index contributed by atoms with van der Waals surface area (Å²) < 4.78 is 0. The number of thiazole rings is 1. The molecule has 0 aliphatic carbocycles. The second kappa shape index (κ2) is 6.70. The Bertz CT molecular complexity index is 479. The maximum atomic E-state index is 11.8. The van der Waals surface area contributed by atoms with E-state index < -0.39 is 5.97 Å². The van der Waals surface area contributed by atoms with Crippen LogP contribution >= 0.6 is 11.3 Å². The number of rotatable bonds is 6. The summed E-state index contributed by atoms with van der Waals surface area (Å²) in [6, 6.07) is 0. The van der Waals surface area contributed by atoms with Gasteiger partial charge in [-0.1, -0.05) is 6.08 Å². The Morgan fingerprint density at radius 2 is 2.33 bits per heavy atom. The predicted octanol–water partition coefficient (Wildman–Crippen LogP) is 1.56. The van der Waals surface area contributed by atoms with Crippen molar-refractivity contribution >= 4 is 29.3 Å². The Morgan fingerprint density at radius 3 is 2.83 bits per heavy atom. The SMILES string of the molecule is C=CCN(CC(=O)O)C(=O)C=Cc1csc(C)n1. The molecular formula is C12H14N2O3S. The third-order valence-electron chi connectivity index (χ3n) is 2.02. The molecule has 1 N–H and O–H groups in total. The van der Waals surface area contributed by atoms with E-state index in [0.717, 1.165) is 5.01 Å². The number of hydrogen-bond donors (Lipinski definition) is 1. The normalized spacial score (nSPS) is 10.5. The number of aromatic nitrogens is 1. The molecule has 6 heteroatoms. The fraction of sp³-hybridized carbons (Fsp3) is 0.250. The smallest absolute Gasteiger partial charge is 0.323 e. The van der Waals surface area contributed by atoms with Gasteiger partial charge in [-0.2, -0.15) is 0 Å². The number of carboxylic acids is 1. The van der Waals surface area contributed by atoms with Crippen LogP contribution in [0.5, 0.6) is 0 Å². The zero-order chi connectivity index (χ0) is 13.5. The average molecular weight is 266 g/mol. The third-order valence-corrected chi connectivity index (χ3v) is 2.81. The van der Waals surface area contributed by atoms with E-state index in [9.17, 15) is 9.59 Å². The van der Waals surface area contributed by atoms with Crippen LogP contribution < -0.4 is 0 Å². The molecule has 0 radical (unpaired) electrons. The highest BCUT2D eigenvalue weighted by atomic mass is 32.1. The minimum absolute atomic E-state index is 0.200. The van der Waals surface area contributed by atoms with Gasteiger partial charge < -0.3 is 10.0 Å². The number of carbonyl (C=O) groups is 2. The van der Waals surface area contributed by atoms with Crippen molar-refractivity contribution in [3.8, 4) is 0 Å². The van der Waals surface area contributed by atoms with Crippen molar-refractivity contribution in [3.63, 3.8) is 0 Å². The van der Waals surface area contributed by atoms with E-state index >= 15 is 0 Å². The number of carboxylic acid groups (broad SMARTS) is 1. The number of amides is 1. The summed E-state index contributed by atoms with van der Waals surface area (Å²) in [6.45, 7) is 5.22. The van der Waals surface area contributed by atoms with Crippen LogP contribution in [0.2, 0.25) is 0 Å². The summed E-state index contributed by atoms with van der Waals surface area (Å²) >= 11 is 1.49. The van der Waals surface area contributed by atoms with Crippen LogP contribution in [0.4, 0.5) is 0 Å². The van der Waals surface area contributed by atoms with Gasteiger partial charge in [0.25, 0.3) is 0 Å². The maximum Gasteiger partial charge on any atom is 0.323 e. The first-order valence-corrected chi connectivity index (χ1v) is 6.12. The van der Waals surface area contributed by atoms with Gasteiger partial charge >= 0.3 is 5.97 Å². The molecule has 1 aromatic heterocycles. The lowest BCUT2D eigenvalue weighted by Gasteiger charge is -2.16. The molecule has 0 spiro atoms. The van der Waals surface area contributed by atoms with E-state index in [1.807, 2.05) is 12.3 Å². The molecule has 1 amide bonds. The zero-order valence-electron chi connectivity index (χ0n) is 10.00. The standard InChI is InChI=1S/C12H14N2O3S/c1-3-6-14(7-12(16)17)11(15)5-4-10-8-18-9(2)13-10/h3-5,8H,1,6-7H2,2H3,(H,16,17). The van der Waals surface area contributed by atoms with E-state index in [4.69, 9.17) is 5.11 Å². The van der Waals surface area contributed by atoms with Crippen LogP contribution in [0, 0.1) is 6.92 Å². The topological polar surface area (TPSA) is 70.5 Å². The predicted molar refractivity (Wildman–Crippen MR) is 70.3 cm³/mol. The van der Waals surface area contributed by atoms with Gasteiger partial charge in [0.05, 0.1) is 10.7 Å². The Kier molecular flexibility index (Phi) is 5.26. The van der Waals surface area contributed by atoms with Gasteiger partial charge in [0.2, 0.25) is 5.91 Å². The molecule has 0 saturated heterocycles. The molecule has 1 heterocycles. The van der Waals surface area contributed by atoms with Gasteiger partial charge in [-0.3, -0.25) is 9.59 Å². The second-order valence-electron chi connectivity index (χ2n) is 3.53. The first kappa shape index (κ1) is 14.1. The molecule has 0 bridgehead atoms. The van der Waals surface area contributed by atoms with Crippen molar-refractivity contribution in [1.29, 1.82) is 0 Å². The minimum atomic E-state index is -1.05. The molecule has 0 aliphatic rings. The molecular weight excluding hydrogens is 252 g/mol. The molecule has 0 aliphatic heterocycles. The van der Waals surface area contributed by atoms with Crippen LogP contribution in [0.25, 0.3) is 6.08 Å².